The normalized spacial score (nSPS) is 11.7. The van der Waals surface area contributed by atoms with E-state index in [4.69, 9.17) is 0 Å². The molecule has 1 atom stereocenters. The summed E-state index contributed by atoms with van der Waals surface area (Å²) in [5.41, 5.74) is 3.91. The Hall–Kier alpha value is -2.98. The SMILES string of the molecule is Cc1ccc(NC(=O)[C@H](NCCc2ccccn2)c2ccccc2)cc1. The predicted molar refractivity (Wildman–Crippen MR) is 105 cm³/mol. The lowest BCUT2D eigenvalue weighted by atomic mass is 10.1. The summed E-state index contributed by atoms with van der Waals surface area (Å²) in [6, 6.07) is 23.0. The van der Waals surface area contributed by atoms with Crippen molar-refractivity contribution >= 4 is 11.6 Å². The quantitative estimate of drug-likeness (QED) is 0.683. The van der Waals surface area contributed by atoms with Gasteiger partial charge in [0.1, 0.15) is 6.04 Å². The first-order valence-corrected chi connectivity index (χ1v) is 8.78. The summed E-state index contributed by atoms with van der Waals surface area (Å²) in [6.07, 6.45) is 2.55. The van der Waals surface area contributed by atoms with Crippen LogP contribution in [0.3, 0.4) is 0 Å². The number of nitrogens with one attached hydrogen (secondary N) is 2. The second kappa shape index (κ2) is 8.92. The van der Waals surface area contributed by atoms with E-state index >= 15 is 0 Å². The number of aromatic nitrogens is 1. The Morgan fingerprint density at radius 3 is 2.38 bits per heavy atom. The molecule has 3 aromatic rings. The van der Waals surface area contributed by atoms with E-state index in [1.807, 2.05) is 79.7 Å². The lowest BCUT2D eigenvalue weighted by Crippen LogP contribution is -2.34. The van der Waals surface area contributed by atoms with Gasteiger partial charge in [0.05, 0.1) is 0 Å². The number of anilines is 1. The number of aryl methyl sites for hydroxylation is 1. The molecule has 2 N–H and O–H groups in total. The van der Waals surface area contributed by atoms with Crippen LogP contribution in [0.1, 0.15) is 22.9 Å². The average molecular weight is 345 g/mol. The fourth-order valence-corrected chi connectivity index (χ4v) is 2.75. The van der Waals surface area contributed by atoms with Gasteiger partial charge in [-0.2, -0.15) is 0 Å². The molecule has 0 aliphatic carbocycles. The van der Waals surface area contributed by atoms with Crippen molar-refractivity contribution < 1.29 is 4.79 Å². The smallest absolute Gasteiger partial charge is 0.246 e. The highest BCUT2D eigenvalue weighted by Crippen LogP contribution is 2.16. The van der Waals surface area contributed by atoms with Gasteiger partial charge < -0.3 is 10.6 Å². The van der Waals surface area contributed by atoms with E-state index in [1.165, 1.54) is 0 Å². The summed E-state index contributed by atoms with van der Waals surface area (Å²) in [5.74, 6) is -0.0685. The Morgan fingerprint density at radius 1 is 0.962 bits per heavy atom. The summed E-state index contributed by atoms with van der Waals surface area (Å²) in [6.45, 7) is 2.69. The second-order valence-corrected chi connectivity index (χ2v) is 6.22. The molecule has 0 bridgehead atoms. The van der Waals surface area contributed by atoms with Crippen molar-refractivity contribution in [3.63, 3.8) is 0 Å². The lowest BCUT2D eigenvalue weighted by Gasteiger charge is -2.19. The summed E-state index contributed by atoms with van der Waals surface area (Å²) < 4.78 is 0. The van der Waals surface area contributed by atoms with Gasteiger partial charge in [0, 0.05) is 30.5 Å². The Labute approximate surface area is 154 Å². The number of hydrogen-bond acceptors (Lipinski definition) is 3. The number of carbonyl (C=O) groups excluding carboxylic acids is 1. The molecular weight excluding hydrogens is 322 g/mol. The van der Waals surface area contributed by atoms with Crippen molar-refractivity contribution in [1.29, 1.82) is 0 Å². The third-order valence-corrected chi connectivity index (χ3v) is 4.17. The zero-order chi connectivity index (χ0) is 18.2. The number of benzene rings is 2. The van der Waals surface area contributed by atoms with Gasteiger partial charge in [-0.1, -0.05) is 54.1 Å². The molecule has 132 valence electrons. The van der Waals surface area contributed by atoms with Gasteiger partial charge in [-0.05, 0) is 36.8 Å². The first-order chi connectivity index (χ1) is 12.7. The third kappa shape index (κ3) is 5.01. The van der Waals surface area contributed by atoms with E-state index < -0.39 is 6.04 Å². The maximum atomic E-state index is 12.9. The van der Waals surface area contributed by atoms with Crippen LogP contribution >= 0.6 is 0 Å². The highest BCUT2D eigenvalue weighted by Gasteiger charge is 2.20. The highest BCUT2D eigenvalue weighted by atomic mass is 16.2. The largest absolute Gasteiger partial charge is 0.324 e. The number of amides is 1. The number of nitrogens with zero attached hydrogens (tertiary/aromatic N) is 1. The molecule has 0 aliphatic rings. The van der Waals surface area contributed by atoms with E-state index in [9.17, 15) is 4.79 Å². The molecule has 0 fully saturated rings. The fourth-order valence-electron chi connectivity index (χ4n) is 2.75. The number of carbonyl (C=O) groups is 1. The van der Waals surface area contributed by atoms with E-state index in [-0.39, 0.29) is 5.91 Å². The maximum absolute atomic E-state index is 12.9. The predicted octanol–water partition coefficient (Wildman–Crippen LogP) is 3.90. The first kappa shape index (κ1) is 17.8. The van der Waals surface area contributed by atoms with Crippen LogP contribution in [-0.2, 0) is 11.2 Å². The molecule has 1 heterocycles. The Kier molecular flexibility index (Phi) is 6.12. The van der Waals surface area contributed by atoms with Crippen molar-refractivity contribution in [1.82, 2.24) is 10.3 Å². The molecule has 26 heavy (non-hydrogen) atoms. The van der Waals surface area contributed by atoms with Crippen LogP contribution in [0.25, 0.3) is 0 Å². The number of rotatable bonds is 7. The van der Waals surface area contributed by atoms with E-state index in [2.05, 4.69) is 15.6 Å². The summed E-state index contributed by atoms with van der Waals surface area (Å²) >= 11 is 0. The molecule has 3 rings (SSSR count). The van der Waals surface area contributed by atoms with Crippen LogP contribution in [0.5, 0.6) is 0 Å². The van der Waals surface area contributed by atoms with Crippen LogP contribution in [0.15, 0.2) is 79.0 Å². The van der Waals surface area contributed by atoms with Gasteiger partial charge in [0.2, 0.25) is 5.91 Å². The van der Waals surface area contributed by atoms with Crippen molar-refractivity contribution in [3.8, 4) is 0 Å². The van der Waals surface area contributed by atoms with Gasteiger partial charge in [-0.15, -0.1) is 0 Å². The van der Waals surface area contributed by atoms with Gasteiger partial charge in [-0.25, -0.2) is 0 Å². The molecule has 1 amide bonds. The molecule has 1 aromatic heterocycles. The molecule has 4 heteroatoms. The van der Waals surface area contributed by atoms with Crippen LogP contribution < -0.4 is 10.6 Å². The first-order valence-electron chi connectivity index (χ1n) is 8.78. The number of pyridine rings is 1. The molecule has 0 aliphatic heterocycles. The number of hydrogen-bond donors (Lipinski definition) is 2. The van der Waals surface area contributed by atoms with Crippen molar-refractivity contribution in [2.45, 2.75) is 19.4 Å². The average Bonchev–Trinajstić information content (AvgIpc) is 2.68. The summed E-state index contributed by atoms with van der Waals surface area (Å²) in [5, 5.41) is 6.36. The molecule has 0 spiro atoms. The third-order valence-electron chi connectivity index (χ3n) is 4.17. The van der Waals surface area contributed by atoms with Crippen molar-refractivity contribution in [2.24, 2.45) is 0 Å². The van der Waals surface area contributed by atoms with Gasteiger partial charge in [0.15, 0.2) is 0 Å². The van der Waals surface area contributed by atoms with E-state index in [0.29, 0.717) is 6.54 Å². The topological polar surface area (TPSA) is 54.0 Å². The minimum Gasteiger partial charge on any atom is -0.324 e. The second-order valence-electron chi connectivity index (χ2n) is 6.22. The fraction of sp³-hybridized carbons (Fsp3) is 0.182. The minimum atomic E-state index is -0.416. The molecular formula is C22H23N3O. The van der Waals surface area contributed by atoms with Crippen molar-refractivity contribution in [3.05, 3.63) is 95.8 Å². The zero-order valence-electron chi connectivity index (χ0n) is 14.9. The van der Waals surface area contributed by atoms with Crippen molar-refractivity contribution in [2.75, 3.05) is 11.9 Å². The van der Waals surface area contributed by atoms with E-state index in [1.54, 1.807) is 6.20 Å². The molecule has 0 saturated heterocycles. The molecule has 4 nitrogen and oxygen atoms in total. The standard InChI is InChI=1S/C22H23N3O/c1-17-10-12-20(13-11-17)25-22(26)21(18-7-3-2-4-8-18)24-16-14-19-9-5-6-15-23-19/h2-13,15,21,24H,14,16H2,1H3,(H,25,26)/t21-/m1/s1. The maximum Gasteiger partial charge on any atom is 0.246 e. The Bertz CT molecular complexity index is 817. The summed E-state index contributed by atoms with van der Waals surface area (Å²) in [7, 11) is 0. The Morgan fingerprint density at radius 2 is 1.69 bits per heavy atom. The van der Waals surface area contributed by atoms with Crippen LogP contribution in [0, 0.1) is 6.92 Å². The van der Waals surface area contributed by atoms with Crippen LogP contribution in [-0.4, -0.2) is 17.4 Å². The van der Waals surface area contributed by atoms with Crippen LogP contribution in [0.2, 0.25) is 0 Å². The molecule has 0 saturated carbocycles. The zero-order valence-corrected chi connectivity index (χ0v) is 14.9. The Balaban J connectivity index is 1.68. The van der Waals surface area contributed by atoms with Gasteiger partial charge in [0.25, 0.3) is 0 Å². The monoisotopic (exact) mass is 345 g/mol. The van der Waals surface area contributed by atoms with Gasteiger partial charge >= 0.3 is 0 Å². The van der Waals surface area contributed by atoms with Gasteiger partial charge in [-0.3, -0.25) is 9.78 Å². The molecule has 0 unspecified atom stereocenters. The lowest BCUT2D eigenvalue weighted by molar-refractivity contribution is -0.118. The van der Waals surface area contributed by atoms with Crippen LogP contribution in [0.4, 0.5) is 5.69 Å². The highest BCUT2D eigenvalue weighted by molar-refractivity contribution is 5.95. The van der Waals surface area contributed by atoms with E-state index in [0.717, 1.165) is 28.9 Å². The molecule has 2 aromatic carbocycles. The summed E-state index contributed by atoms with van der Waals surface area (Å²) in [4.78, 5) is 17.2. The molecule has 0 radical (unpaired) electrons. The minimum absolute atomic E-state index is 0.0685.